The number of rotatable bonds is 3. The number of halogens is 1. The van der Waals surface area contributed by atoms with Gasteiger partial charge in [-0.25, -0.2) is 0 Å². The molecule has 1 saturated carbocycles. The van der Waals surface area contributed by atoms with Crippen LogP contribution < -0.4 is 5.32 Å². The van der Waals surface area contributed by atoms with Gasteiger partial charge in [-0.2, -0.15) is 0 Å². The highest BCUT2D eigenvalue weighted by Crippen LogP contribution is 2.51. The summed E-state index contributed by atoms with van der Waals surface area (Å²) < 4.78 is 7.77. The molecule has 1 N–H and O–H groups in total. The number of aryl methyl sites for hydroxylation is 1. The van der Waals surface area contributed by atoms with Crippen LogP contribution in [-0.4, -0.2) is 23.7 Å². The standard InChI is InChI=1S/C20H25ClN2O2/c1-3-25-19(24)20(9-4-5-10-20)18-17-14(8-11-22-18)15-12-13(21)6-7-16(15)23(17)2/h6-7,12,18,22H,3-5,8-11H2,1-2H3. The molecule has 1 fully saturated rings. The first-order valence-electron chi connectivity index (χ1n) is 9.26. The van der Waals surface area contributed by atoms with Crippen molar-refractivity contribution in [1.82, 2.24) is 9.88 Å². The van der Waals surface area contributed by atoms with Gasteiger partial charge in [0.25, 0.3) is 0 Å². The number of aromatic nitrogens is 1. The molecule has 1 aromatic carbocycles. The summed E-state index contributed by atoms with van der Waals surface area (Å²) in [7, 11) is 2.10. The Labute approximate surface area is 153 Å². The molecule has 4 nitrogen and oxygen atoms in total. The van der Waals surface area contributed by atoms with E-state index in [4.69, 9.17) is 16.3 Å². The third kappa shape index (κ3) is 2.49. The molecule has 1 aliphatic heterocycles. The molecule has 1 aromatic heterocycles. The Bertz CT molecular complexity index is 821. The lowest BCUT2D eigenvalue weighted by Gasteiger charge is -2.39. The number of hydrogen-bond acceptors (Lipinski definition) is 3. The minimum absolute atomic E-state index is 0.00831. The van der Waals surface area contributed by atoms with Crippen LogP contribution in [0.3, 0.4) is 0 Å². The summed E-state index contributed by atoms with van der Waals surface area (Å²) in [4.78, 5) is 13.0. The highest BCUT2D eigenvalue weighted by Gasteiger charge is 2.51. The molecule has 2 aromatic rings. The van der Waals surface area contributed by atoms with Crippen molar-refractivity contribution in [1.29, 1.82) is 0 Å². The van der Waals surface area contributed by atoms with Crippen LogP contribution in [0.4, 0.5) is 0 Å². The molecule has 0 bridgehead atoms. The molecule has 134 valence electrons. The van der Waals surface area contributed by atoms with Crippen molar-refractivity contribution in [3.05, 3.63) is 34.5 Å². The number of nitrogens with zero attached hydrogens (tertiary/aromatic N) is 1. The Balaban J connectivity index is 1.89. The maximum absolute atomic E-state index is 13.0. The number of esters is 1. The lowest BCUT2D eigenvalue weighted by atomic mass is 9.74. The molecule has 2 heterocycles. The van der Waals surface area contributed by atoms with Gasteiger partial charge in [-0.15, -0.1) is 0 Å². The van der Waals surface area contributed by atoms with Gasteiger partial charge in [0.15, 0.2) is 0 Å². The SMILES string of the molecule is CCOC(=O)C1(C2NCCc3c2n(C)c2ccc(Cl)cc32)CCCC1. The molecule has 1 unspecified atom stereocenters. The summed E-state index contributed by atoms with van der Waals surface area (Å²) in [5, 5.41) is 5.64. The molecular formula is C20H25ClN2O2. The van der Waals surface area contributed by atoms with Gasteiger partial charge in [-0.1, -0.05) is 24.4 Å². The van der Waals surface area contributed by atoms with E-state index in [1.54, 1.807) is 0 Å². The normalized spacial score (nSPS) is 22.1. The van der Waals surface area contributed by atoms with E-state index in [2.05, 4.69) is 29.1 Å². The van der Waals surface area contributed by atoms with Crippen molar-refractivity contribution in [3.8, 4) is 0 Å². The van der Waals surface area contributed by atoms with Crippen LogP contribution in [0.1, 0.15) is 49.9 Å². The molecule has 25 heavy (non-hydrogen) atoms. The Kier molecular flexibility index (Phi) is 4.28. The highest BCUT2D eigenvalue weighted by molar-refractivity contribution is 6.31. The second-order valence-electron chi connectivity index (χ2n) is 7.31. The van der Waals surface area contributed by atoms with Gasteiger partial charge < -0.3 is 14.6 Å². The summed E-state index contributed by atoms with van der Waals surface area (Å²) >= 11 is 6.25. The van der Waals surface area contributed by atoms with Crippen LogP contribution in [0.2, 0.25) is 5.02 Å². The predicted molar refractivity (Wildman–Crippen MR) is 99.9 cm³/mol. The highest BCUT2D eigenvalue weighted by atomic mass is 35.5. The Morgan fingerprint density at radius 1 is 1.40 bits per heavy atom. The van der Waals surface area contributed by atoms with Crippen molar-refractivity contribution in [2.75, 3.05) is 13.2 Å². The number of fused-ring (bicyclic) bond motifs is 3. The van der Waals surface area contributed by atoms with E-state index in [1.165, 1.54) is 22.2 Å². The van der Waals surface area contributed by atoms with E-state index in [9.17, 15) is 4.79 Å². The Morgan fingerprint density at radius 2 is 2.16 bits per heavy atom. The molecule has 0 spiro atoms. The Morgan fingerprint density at radius 3 is 2.88 bits per heavy atom. The molecule has 4 rings (SSSR count). The zero-order valence-electron chi connectivity index (χ0n) is 14.9. The molecule has 1 aliphatic carbocycles. The van der Waals surface area contributed by atoms with Crippen molar-refractivity contribution < 1.29 is 9.53 Å². The van der Waals surface area contributed by atoms with E-state index in [1.807, 2.05) is 13.0 Å². The first-order valence-corrected chi connectivity index (χ1v) is 9.63. The number of carbonyl (C=O) groups excluding carboxylic acids is 1. The van der Waals surface area contributed by atoms with Crippen molar-refractivity contribution in [3.63, 3.8) is 0 Å². The zero-order chi connectivity index (χ0) is 17.6. The first kappa shape index (κ1) is 16.9. The number of nitrogens with one attached hydrogen (secondary N) is 1. The summed E-state index contributed by atoms with van der Waals surface area (Å²) in [6, 6.07) is 6.09. The number of hydrogen-bond donors (Lipinski definition) is 1. The average Bonchev–Trinajstić information content (AvgIpc) is 3.20. The third-order valence-corrected chi connectivity index (χ3v) is 6.28. The predicted octanol–water partition coefficient (Wildman–Crippen LogP) is 4.14. The van der Waals surface area contributed by atoms with E-state index in [0.29, 0.717) is 6.61 Å². The second-order valence-corrected chi connectivity index (χ2v) is 7.74. The minimum atomic E-state index is -0.447. The summed E-state index contributed by atoms with van der Waals surface area (Å²) in [6.45, 7) is 3.20. The van der Waals surface area contributed by atoms with Gasteiger partial charge in [0, 0.05) is 28.7 Å². The molecule has 0 radical (unpaired) electrons. The fraction of sp³-hybridized carbons (Fsp3) is 0.550. The zero-order valence-corrected chi connectivity index (χ0v) is 15.7. The van der Waals surface area contributed by atoms with Gasteiger partial charge in [-0.05, 0) is 56.5 Å². The molecule has 0 saturated heterocycles. The van der Waals surface area contributed by atoms with Gasteiger partial charge in [0.1, 0.15) is 0 Å². The van der Waals surface area contributed by atoms with Gasteiger partial charge in [-0.3, -0.25) is 4.79 Å². The molecule has 5 heteroatoms. The maximum atomic E-state index is 13.0. The molecule has 2 aliphatic rings. The van der Waals surface area contributed by atoms with Crippen LogP contribution in [0.5, 0.6) is 0 Å². The van der Waals surface area contributed by atoms with Crippen molar-refractivity contribution >= 4 is 28.5 Å². The van der Waals surface area contributed by atoms with Crippen molar-refractivity contribution in [2.45, 2.75) is 45.1 Å². The van der Waals surface area contributed by atoms with Gasteiger partial charge in [0.05, 0.1) is 18.1 Å². The monoisotopic (exact) mass is 360 g/mol. The average molecular weight is 361 g/mol. The molecule has 1 atom stereocenters. The van der Waals surface area contributed by atoms with E-state index in [-0.39, 0.29) is 12.0 Å². The van der Waals surface area contributed by atoms with Crippen LogP contribution in [0.15, 0.2) is 18.2 Å². The lowest BCUT2D eigenvalue weighted by molar-refractivity contribution is -0.157. The van der Waals surface area contributed by atoms with E-state index < -0.39 is 5.41 Å². The minimum Gasteiger partial charge on any atom is -0.466 e. The molecule has 0 amide bonds. The van der Waals surface area contributed by atoms with Crippen LogP contribution in [0, 0.1) is 5.41 Å². The van der Waals surface area contributed by atoms with E-state index >= 15 is 0 Å². The number of carbonyl (C=O) groups is 1. The van der Waals surface area contributed by atoms with Crippen LogP contribution in [0.25, 0.3) is 10.9 Å². The quantitative estimate of drug-likeness (QED) is 0.836. The maximum Gasteiger partial charge on any atom is 0.314 e. The van der Waals surface area contributed by atoms with Crippen molar-refractivity contribution in [2.24, 2.45) is 12.5 Å². The Hall–Kier alpha value is -1.52. The smallest absolute Gasteiger partial charge is 0.314 e. The van der Waals surface area contributed by atoms with Crippen LogP contribution >= 0.6 is 11.6 Å². The van der Waals surface area contributed by atoms with Gasteiger partial charge >= 0.3 is 5.97 Å². The summed E-state index contributed by atoms with van der Waals surface area (Å²) in [5.74, 6) is -0.0406. The molecular weight excluding hydrogens is 336 g/mol. The fourth-order valence-electron chi connectivity index (χ4n) is 4.93. The topological polar surface area (TPSA) is 43.3 Å². The number of benzene rings is 1. The summed E-state index contributed by atoms with van der Waals surface area (Å²) in [5.41, 5.74) is 3.30. The third-order valence-electron chi connectivity index (χ3n) is 6.04. The van der Waals surface area contributed by atoms with Crippen LogP contribution in [-0.2, 0) is 23.0 Å². The lowest BCUT2D eigenvalue weighted by Crippen LogP contribution is -2.46. The summed E-state index contributed by atoms with van der Waals surface area (Å²) in [6.07, 6.45) is 4.92. The fourth-order valence-corrected chi connectivity index (χ4v) is 5.10. The number of ether oxygens (including phenoxy) is 1. The van der Waals surface area contributed by atoms with E-state index in [0.717, 1.165) is 43.7 Å². The van der Waals surface area contributed by atoms with Gasteiger partial charge in [0.2, 0.25) is 0 Å². The first-order chi connectivity index (χ1) is 12.1. The second kappa shape index (κ2) is 6.33. The largest absolute Gasteiger partial charge is 0.466 e.